The summed E-state index contributed by atoms with van der Waals surface area (Å²) in [6, 6.07) is 2.28. The smallest absolute Gasteiger partial charge is 0.364 e. The third-order valence-electron chi connectivity index (χ3n) is 4.93. The van der Waals surface area contributed by atoms with Gasteiger partial charge < -0.3 is 11.1 Å². The van der Waals surface area contributed by atoms with Gasteiger partial charge in [0.15, 0.2) is 0 Å². The molecule has 1 aliphatic carbocycles. The van der Waals surface area contributed by atoms with Crippen LogP contribution < -0.4 is 11.1 Å². The van der Waals surface area contributed by atoms with E-state index < -0.39 is 72.1 Å². The molecule has 1 fully saturated rings. The van der Waals surface area contributed by atoms with Crippen molar-refractivity contribution in [3.05, 3.63) is 41.0 Å². The van der Waals surface area contributed by atoms with Crippen molar-refractivity contribution in [2.45, 2.75) is 44.3 Å². The molecule has 14 heteroatoms. The quantitative estimate of drug-likeness (QED) is 0.634. The molecule has 3 rings (SSSR count). The highest BCUT2D eigenvalue weighted by Crippen LogP contribution is 2.46. The van der Waals surface area contributed by atoms with E-state index in [-0.39, 0.29) is 11.4 Å². The van der Waals surface area contributed by atoms with E-state index in [0.29, 0.717) is 4.68 Å². The summed E-state index contributed by atoms with van der Waals surface area (Å²) in [5, 5.41) is 5.52. The lowest BCUT2D eigenvalue weighted by Crippen LogP contribution is -2.38. The summed E-state index contributed by atoms with van der Waals surface area (Å²) < 4.78 is 93.6. The first-order chi connectivity index (χ1) is 14.6. The van der Waals surface area contributed by atoms with Crippen LogP contribution in [0.25, 0.3) is 0 Å². The van der Waals surface area contributed by atoms with E-state index >= 15 is 0 Å². The Hall–Kier alpha value is -3.19. The lowest BCUT2D eigenvalue weighted by Gasteiger charge is -2.35. The number of carbonyl (C=O) groups excluding carboxylic acids is 2. The molecule has 2 amide bonds. The predicted molar refractivity (Wildman–Crippen MR) is 95.3 cm³/mol. The van der Waals surface area contributed by atoms with Crippen molar-refractivity contribution in [2.75, 3.05) is 5.32 Å². The Morgan fingerprint density at radius 2 is 1.88 bits per heavy atom. The highest BCUT2D eigenvalue weighted by Gasteiger charge is 2.61. The van der Waals surface area contributed by atoms with E-state index in [1.165, 1.54) is 6.07 Å². The van der Waals surface area contributed by atoms with Gasteiger partial charge in [0.2, 0.25) is 5.92 Å². The van der Waals surface area contributed by atoms with Gasteiger partial charge in [-0.25, -0.2) is 8.78 Å². The van der Waals surface area contributed by atoms with Gasteiger partial charge in [-0.3, -0.25) is 19.3 Å². The summed E-state index contributed by atoms with van der Waals surface area (Å²) >= 11 is 0. The van der Waals surface area contributed by atoms with Crippen molar-refractivity contribution in [3.63, 3.8) is 0 Å². The normalized spacial score (nSPS) is 16.5. The summed E-state index contributed by atoms with van der Waals surface area (Å²) in [7, 11) is 0. The van der Waals surface area contributed by atoms with Crippen molar-refractivity contribution in [1.29, 1.82) is 0 Å². The van der Waals surface area contributed by atoms with Gasteiger partial charge in [0.1, 0.15) is 17.1 Å². The average Bonchev–Trinajstić information content (AvgIpc) is 2.96. The van der Waals surface area contributed by atoms with Crippen molar-refractivity contribution < 1.29 is 40.3 Å². The predicted octanol–water partition coefficient (Wildman–Crippen LogP) is 3.64. The fourth-order valence-electron chi connectivity index (χ4n) is 3.40. The average molecular weight is 467 g/mol. The molecule has 0 unspecified atom stereocenters. The first kappa shape index (κ1) is 23.5. The summed E-state index contributed by atoms with van der Waals surface area (Å²) in [4.78, 5) is 27.6. The van der Waals surface area contributed by atoms with E-state index in [1.807, 2.05) is 0 Å². The SMILES string of the molecule is Cc1c(C(F)(F)C(F)(F)F)nn(CC2CC(F)(F)C2)c1C(=O)Nc1ccnc(C(N)=O)c1. The number of nitrogens with one attached hydrogen (secondary N) is 1. The van der Waals surface area contributed by atoms with Crippen LogP contribution in [0.1, 0.15) is 45.1 Å². The molecule has 3 N–H and O–H groups in total. The molecule has 1 aliphatic rings. The molecule has 0 radical (unpaired) electrons. The van der Waals surface area contributed by atoms with Crippen LogP contribution in [0.4, 0.5) is 36.4 Å². The van der Waals surface area contributed by atoms with Gasteiger partial charge in [0.05, 0.1) is 0 Å². The summed E-state index contributed by atoms with van der Waals surface area (Å²) in [5.41, 5.74) is 1.67. The van der Waals surface area contributed by atoms with Crippen LogP contribution in [-0.2, 0) is 12.5 Å². The van der Waals surface area contributed by atoms with Gasteiger partial charge >= 0.3 is 12.1 Å². The lowest BCUT2D eigenvalue weighted by molar-refractivity contribution is -0.291. The second-order valence-corrected chi connectivity index (χ2v) is 7.45. The van der Waals surface area contributed by atoms with Crippen LogP contribution in [0.5, 0.6) is 0 Å². The number of rotatable bonds is 6. The Labute approximate surface area is 175 Å². The van der Waals surface area contributed by atoms with Crippen LogP contribution in [0.2, 0.25) is 0 Å². The number of anilines is 1. The Kier molecular flexibility index (Phi) is 5.68. The van der Waals surface area contributed by atoms with Crippen LogP contribution in [0.15, 0.2) is 18.3 Å². The van der Waals surface area contributed by atoms with E-state index in [0.717, 1.165) is 19.2 Å². The number of amides is 2. The van der Waals surface area contributed by atoms with E-state index in [1.54, 1.807) is 0 Å². The zero-order chi connectivity index (χ0) is 24.1. The second-order valence-electron chi connectivity index (χ2n) is 7.45. The minimum absolute atomic E-state index is 0.0507. The van der Waals surface area contributed by atoms with Gasteiger partial charge in [-0.2, -0.15) is 27.1 Å². The fraction of sp³-hybridized carbons (Fsp3) is 0.444. The van der Waals surface area contributed by atoms with Crippen molar-refractivity contribution in [1.82, 2.24) is 14.8 Å². The van der Waals surface area contributed by atoms with Gasteiger partial charge in [-0.1, -0.05) is 0 Å². The number of nitrogens with two attached hydrogens (primary N) is 1. The first-order valence-electron chi connectivity index (χ1n) is 9.10. The van der Waals surface area contributed by atoms with Crippen LogP contribution in [0, 0.1) is 12.8 Å². The molecule has 0 spiro atoms. The zero-order valence-electron chi connectivity index (χ0n) is 16.3. The van der Waals surface area contributed by atoms with Gasteiger partial charge in [0, 0.05) is 36.8 Å². The third-order valence-corrected chi connectivity index (χ3v) is 4.93. The van der Waals surface area contributed by atoms with Gasteiger partial charge in [0.25, 0.3) is 11.8 Å². The van der Waals surface area contributed by atoms with E-state index in [4.69, 9.17) is 5.73 Å². The highest BCUT2D eigenvalue weighted by atomic mass is 19.4. The molecule has 1 saturated carbocycles. The Balaban J connectivity index is 1.99. The van der Waals surface area contributed by atoms with E-state index in [9.17, 15) is 40.3 Å². The molecule has 0 aliphatic heterocycles. The van der Waals surface area contributed by atoms with Crippen molar-refractivity contribution in [2.24, 2.45) is 11.7 Å². The lowest BCUT2D eigenvalue weighted by atomic mass is 9.81. The van der Waals surface area contributed by atoms with Crippen molar-refractivity contribution in [3.8, 4) is 0 Å². The number of hydrogen-bond donors (Lipinski definition) is 2. The Bertz CT molecular complexity index is 1060. The van der Waals surface area contributed by atoms with Crippen LogP contribution in [-0.4, -0.2) is 38.7 Å². The number of alkyl halides is 7. The highest BCUT2D eigenvalue weighted by molar-refractivity contribution is 6.04. The maximum atomic E-state index is 14.0. The molecular formula is C18H16F7N5O2. The van der Waals surface area contributed by atoms with E-state index in [2.05, 4.69) is 15.4 Å². The topological polar surface area (TPSA) is 103 Å². The molecular weight excluding hydrogens is 451 g/mol. The van der Waals surface area contributed by atoms with Gasteiger partial charge in [-0.15, -0.1) is 0 Å². The number of halogens is 7. The number of primary amides is 1. The maximum Gasteiger partial charge on any atom is 0.459 e. The first-order valence-corrected chi connectivity index (χ1v) is 9.10. The summed E-state index contributed by atoms with van der Waals surface area (Å²) in [6.07, 6.45) is -6.12. The third kappa shape index (κ3) is 4.39. The maximum absolute atomic E-state index is 14.0. The number of aromatic nitrogens is 3. The zero-order valence-corrected chi connectivity index (χ0v) is 16.3. The summed E-state index contributed by atoms with van der Waals surface area (Å²) in [6.45, 7) is 0.389. The van der Waals surface area contributed by atoms with Crippen molar-refractivity contribution >= 4 is 17.5 Å². The number of hydrogen-bond acceptors (Lipinski definition) is 4. The Morgan fingerprint density at radius 3 is 2.41 bits per heavy atom. The molecule has 0 atom stereocenters. The van der Waals surface area contributed by atoms with Gasteiger partial charge in [-0.05, 0) is 25.0 Å². The largest absolute Gasteiger partial charge is 0.459 e. The molecule has 0 aromatic carbocycles. The minimum Gasteiger partial charge on any atom is -0.364 e. The molecule has 2 aromatic rings. The number of carbonyl (C=O) groups is 2. The fourth-order valence-corrected chi connectivity index (χ4v) is 3.40. The van der Waals surface area contributed by atoms with Crippen LogP contribution in [0.3, 0.4) is 0 Å². The molecule has 2 heterocycles. The molecule has 174 valence electrons. The Morgan fingerprint density at radius 1 is 1.25 bits per heavy atom. The minimum atomic E-state index is -5.99. The molecule has 7 nitrogen and oxygen atoms in total. The monoisotopic (exact) mass is 467 g/mol. The molecule has 0 bridgehead atoms. The summed E-state index contributed by atoms with van der Waals surface area (Å²) in [5.74, 6) is -11.2. The molecule has 2 aromatic heterocycles. The standard InChI is InChI=1S/C18H16F7N5O2/c1-8-12(15(32)28-10-2-3-27-11(4-10)14(26)31)30(7-9-5-16(19,20)6-9)29-13(8)17(21,22)18(23,24)25/h2-4,9H,5-7H2,1H3,(H2,26,31)(H,27,28,32). The molecule has 32 heavy (non-hydrogen) atoms. The number of pyridine rings is 1. The second kappa shape index (κ2) is 7.74. The van der Waals surface area contributed by atoms with Crippen LogP contribution >= 0.6 is 0 Å². The number of nitrogens with zero attached hydrogens (tertiary/aromatic N) is 3. The molecule has 0 saturated heterocycles.